The molecule has 168 valence electrons. The van der Waals surface area contributed by atoms with Crippen molar-refractivity contribution in [3.8, 4) is 6.07 Å². The van der Waals surface area contributed by atoms with E-state index in [-0.39, 0.29) is 11.3 Å². The number of amides is 2. The van der Waals surface area contributed by atoms with E-state index >= 15 is 0 Å². The molecule has 2 aromatic rings. The number of anilines is 1. The number of nitro groups is 1. The van der Waals surface area contributed by atoms with Gasteiger partial charge in [-0.15, -0.1) is 0 Å². The minimum absolute atomic E-state index is 0.0724. The van der Waals surface area contributed by atoms with Crippen LogP contribution < -0.4 is 4.90 Å². The Morgan fingerprint density at radius 3 is 2.53 bits per heavy atom. The Kier molecular flexibility index (Phi) is 5.14. The van der Waals surface area contributed by atoms with E-state index in [2.05, 4.69) is 15.9 Å². The second kappa shape index (κ2) is 8.04. The predicted octanol–water partition coefficient (Wildman–Crippen LogP) is 3.38. The van der Waals surface area contributed by atoms with Crippen molar-refractivity contribution >= 4 is 44.9 Å². The van der Waals surface area contributed by atoms with Crippen molar-refractivity contribution in [2.45, 2.75) is 12.1 Å². The zero-order valence-electron chi connectivity index (χ0n) is 17.4. The number of nitrogens with zero attached hydrogens (tertiary/aromatic N) is 4. The van der Waals surface area contributed by atoms with Crippen molar-refractivity contribution in [1.82, 2.24) is 4.90 Å². The lowest BCUT2D eigenvalue weighted by atomic mass is 9.86. The van der Waals surface area contributed by atoms with Gasteiger partial charge in [-0.1, -0.05) is 34.1 Å². The van der Waals surface area contributed by atoms with Gasteiger partial charge in [0.15, 0.2) is 5.78 Å². The molecule has 4 unspecified atom stereocenters. The number of hydrogen-bond donors (Lipinski definition) is 0. The van der Waals surface area contributed by atoms with Crippen molar-refractivity contribution < 1.29 is 19.3 Å². The van der Waals surface area contributed by atoms with Gasteiger partial charge in [0.05, 0.1) is 40.1 Å². The summed E-state index contributed by atoms with van der Waals surface area (Å²) in [4.78, 5) is 54.1. The van der Waals surface area contributed by atoms with Crippen LogP contribution in [0.15, 0.2) is 76.9 Å². The quantitative estimate of drug-likeness (QED) is 0.263. The van der Waals surface area contributed by atoms with Crippen LogP contribution >= 0.6 is 15.9 Å². The Hall–Kier alpha value is -4.10. The fraction of sp³-hybridized carbons (Fsp3) is 0.167. The van der Waals surface area contributed by atoms with Crippen LogP contribution in [0.25, 0.3) is 0 Å². The second-order valence-electron chi connectivity index (χ2n) is 8.15. The van der Waals surface area contributed by atoms with E-state index in [1.165, 1.54) is 30.3 Å². The van der Waals surface area contributed by atoms with Gasteiger partial charge in [-0.05, 0) is 30.4 Å². The van der Waals surface area contributed by atoms with Crippen LogP contribution in [-0.2, 0) is 9.59 Å². The van der Waals surface area contributed by atoms with Crippen LogP contribution in [0.4, 0.5) is 11.4 Å². The number of carbonyl (C=O) groups is 3. The number of halogens is 1. The Bertz CT molecular complexity index is 1380. The van der Waals surface area contributed by atoms with Gasteiger partial charge >= 0.3 is 0 Å². The minimum Gasteiger partial charge on any atom is -0.359 e. The maximum Gasteiger partial charge on any atom is 0.270 e. The average Bonchev–Trinajstić information content (AvgIpc) is 3.30. The molecule has 0 aromatic heterocycles. The van der Waals surface area contributed by atoms with Crippen LogP contribution in [0, 0.1) is 33.3 Å². The molecule has 9 nitrogen and oxygen atoms in total. The van der Waals surface area contributed by atoms with E-state index in [9.17, 15) is 29.8 Å². The van der Waals surface area contributed by atoms with Crippen molar-refractivity contribution in [3.05, 3.63) is 92.6 Å². The number of hydrogen-bond acceptors (Lipinski definition) is 7. The van der Waals surface area contributed by atoms with Gasteiger partial charge in [0.2, 0.25) is 11.8 Å². The summed E-state index contributed by atoms with van der Waals surface area (Å²) < 4.78 is 0.681. The second-order valence-corrected chi connectivity index (χ2v) is 9.06. The van der Waals surface area contributed by atoms with Crippen molar-refractivity contribution in [3.63, 3.8) is 0 Å². The number of nitriles is 1. The van der Waals surface area contributed by atoms with Gasteiger partial charge in [0.1, 0.15) is 6.04 Å². The molecule has 34 heavy (non-hydrogen) atoms. The number of imide groups is 1. The number of nitro benzene ring substituents is 1. The molecule has 10 heteroatoms. The number of fused-ring (bicyclic) bond motifs is 3. The number of rotatable bonds is 4. The molecule has 3 heterocycles. The van der Waals surface area contributed by atoms with Gasteiger partial charge in [-0.25, -0.2) is 4.90 Å². The lowest BCUT2D eigenvalue weighted by molar-refractivity contribution is -0.384. The Balaban J connectivity index is 1.61. The summed E-state index contributed by atoms with van der Waals surface area (Å²) >= 11 is 3.35. The number of carbonyl (C=O) groups excluding carboxylic acids is 3. The molecule has 0 saturated carbocycles. The van der Waals surface area contributed by atoms with E-state index in [4.69, 9.17) is 0 Å². The zero-order valence-corrected chi connectivity index (χ0v) is 19.0. The lowest BCUT2D eigenvalue weighted by Crippen LogP contribution is -2.46. The van der Waals surface area contributed by atoms with Crippen LogP contribution in [0.3, 0.4) is 0 Å². The molecule has 3 aliphatic rings. The monoisotopic (exact) mass is 518 g/mol. The van der Waals surface area contributed by atoms with E-state index in [1.807, 2.05) is 6.07 Å². The SMILES string of the molecule is N#CC1=CC2C3C(=O)N(c4cccc(Br)c4)C(=O)C3C(C(=O)c3cccc([N+](=O)[O-])c3)N2C=C1. The minimum atomic E-state index is -1.06. The Labute approximate surface area is 201 Å². The van der Waals surface area contributed by atoms with E-state index in [0.29, 0.717) is 15.7 Å². The first-order valence-corrected chi connectivity index (χ1v) is 11.1. The first-order valence-electron chi connectivity index (χ1n) is 10.3. The largest absolute Gasteiger partial charge is 0.359 e. The lowest BCUT2D eigenvalue weighted by Gasteiger charge is -2.32. The highest BCUT2D eigenvalue weighted by molar-refractivity contribution is 9.10. The van der Waals surface area contributed by atoms with Crippen LogP contribution in [0.2, 0.25) is 0 Å². The van der Waals surface area contributed by atoms with E-state index in [1.54, 1.807) is 41.4 Å². The number of benzene rings is 2. The third kappa shape index (κ3) is 3.24. The molecule has 0 bridgehead atoms. The van der Waals surface area contributed by atoms with Gasteiger partial charge in [0, 0.05) is 28.4 Å². The summed E-state index contributed by atoms with van der Waals surface area (Å²) in [7, 11) is 0. The molecule has 2 amide bonds. The van der Waals surface area contributed by atoms with Crippen LogP contribution in [-0.4, -0.2) is 39.5 Å². The first-order chi connectivity index (χ1) is 16.3. The maximum atomic E-state index is 13.6. The van der Waals surface area contributed by atoms with Crippen molar-refractivity contribution in [2.75, 3.05) is 4.90 Å². The summed E-state index contributed by atoms with van der Waals surface area (Å²) in [6, 6.07) is 12.4. The fourth-order valence-corrected chi connectivity index (χ4v) is 5.32. The molecule has 2 fully saturated rings. The molecule has 2 aromatic carbocycles. The summed E-state index contributed by atoms with van der Waals surface area (Å²) in [5.74, 6) is -3.38. The standard InChI is InChI=1S/C24H15BrN4O5/c25-15-4-2-5-16(11-15)28-23(31)19-18-9-13(12-26)7-8-27(18)21(20(19)24(28)32)22(30)14-3-1-6-17(10-14)29(33)34/h1-11,18-21H. The molecule has 5 rings (SSSR count). The predicted molar refractivity (Wildman–Crippen MR) is 123 cm³/mol. The fourth-order valence-electron chi connectivity index (χ4n) is 4.93. The van der Waals surface area contributed by atoms with Gasteiger partial charge < -0.3 is 4.90 Å². The number of non-ortho nitro benzene ring substituents is 1. The third-order valence-corrected chi connectivity index (χ3v) is 6.85. The molecular weight excluding hydrogens is 504 g/mol. The molecule has 0 aliphatic carbocycles. The van der Waals surface area contributed by atoms with Crippen molar-refractivity contribution in [1.29, 1.82) is 5.26 Å². The number of allylic oxidation sites excluding steroid dienone is 2. The first kappa shape index (κ1) is 21.7. The van der Waals surface area contributed by atoms with Crippen molar-refractivity contribution in [2.24, 2.45) is 11.8 Å². The normalized spacial score (nSPS) is 25.0. The Morgan fingerprint density at radius 2 is 1.82 bits per heavy atom. The van der Waals surface area contributed by atoms with E-state index < -0.39 is 46.4 Å². The zero-order chi connectivity index (χ0) is 24.1. The topological polar surface area (TPSA) is 125 Å². The summed E-state index contributed by atoms with van der Waals surface area (Å²) in [5, 5.41) is 20.6. The summed E-state index contributed by atoms with van der Waals surface area (Å²) in [6.07, 6.45) is 4.66. The van der Waals surface area contributed by atoms with Gasteiger partial charge in [0.25, 0.3) is 5.69 Å². The summed E-state index contributed by atoms with van der Waals surface area (Å²) in [6.45, 7) is 0. The molecule has 0 radical (unpaired) electrons. The van der Waals surface area contributed by atoms with Gasteiger partial charge in [-0.3, -0.25) is 24.5 Å². The Morgan fingerprint density at radius 1 is 1.09 bits per heavy atom. The highest BCUT2D eigenvalue weighted by atomic mass is 79.9. The maximum absolute atomic E-state index is 13.6. The molecule has 4 atom stereocenters. The molecule has 2 saturated heterocycles. The molecular formula is C24H15BrN4O5. The smallest absolute Gasteiger partial charge is 0.270 e. The number of Topliss-reactive ketones (excluding diaryl/α,β-unsaturated/α-hetero) is 1. The summed E-state index contributed by atoms with van der Waals surface area (Å²) in [5.41, 5.74) is 0.526. The van der Waals surface area contributed by atoms with Gasteiger partial charge in [-0.2, -0.15) is 5.26 Å². The van der Waals surface area contributed by atoms with Crippen LogP contribution in [0.5, 0.6) is 0 Å². The third-order valence-electron chi connectivity index (χ3n) is 6.35. The molecule has 0 spiro atoms. The molecule has 0 N–H and O–H groups in total. The highest BCUT2D eigenvalue weighted by Gasteiger charge is 2.63. The van der Waals surface area contributed by atoms with Crippen LogP contribution in [0.1, 0.15) is 10.4 Å². The molecule has 3 aliphatic heterocycles. The average molecular weight is 519 g/mol. The van der Waals surface area contributed by atoms with E-state index in [0.717, 1.165) is 4.90 Å². The highest BCUT2D eigenvalue weighted by Crippen LogP contribution is 2.47. The number of ketones is 1.